The molecular formula is C20H35NO5. The Hall–Kier alpha value is -1.82. The first kappa shape index (κ1) is 24.2. The van der Waals surface area contributed by atoms with Crippen molar-refractivity contribution >= 4 is 11.9 Å². The maximum atomic E-state index is 11.8. The lowest BCUT2D eigenvalue weighted by Crippen LogP contribution is -2.24. The second-order valence-corrected chi connectivity index (χ2v) is 7.50. The van der Waals surface area contributed by atoms with Crippen LogP contribution in [0, 0.1) is 19.8 Å². The Morgan fingerprint density at radius 1 is 1.19 bits per heavy atom. The normalized spacial score (nSPS) is 13.0. The van der Waals surface area contributed by atoms with Crippen LogP contribution in [-0.2, 0) is 20.9 Å². The van der Waals surface area contributed by atoms with Crippen LogP contribution in [0.1, 0.15) is 81.7 Å². The molecule has 0 bridgehead atoms. The van der Waals surface area contributed by atoms with Gasteiger partial charge in [0.25, 0.3) is 0 Å². The Morgan fingerprint density at radius 2 is 1.69 bits per heavy atom. The molecule has 6 heteroatoms. The number of hydrogen-bond donors (Lipinski definition) is 2. The molecule has 1 aliphatic rings. The molecule has 0 radical (unpaired) electrons. The Morgan fingerprint density at radius 3 is 1.92 bits per heavy atom. The average molecular weight is 370 g/mol. The molecule has 0 amide bonds. The predicted octanol–water partition coefficient (Wildman–Crippen LogP) is 4.06. The van der Waals surface area contributed by atoms with Crippen LogP contribution < -0.4 is 0 Å². The number of nitrogens with one attached hydrogen (secondary N) is 1. The fourth-order valence-corrected chi connectivity index (χ4v) is 1.81. The first-order chi connectivity index (χ1) is 11.9. The minimum absolute atomic E-state index is 0.102. The fourth-order valence-electron chi connectivity index (χ4n) is 1.81. The minimum Gasteiger partial charge on any atom is -0.466 e. The van der Waals surface area contributed by atoms with Gasteiger partial charge in [-0.3, -0.25) is 4.79 Å². The molecule has 26 heavy (non-hydrogen) atoms. The number of aromatic nitrogens is 1. The summed E-state index contributed by atoms with van der Waals surface area (Å²) in [5.74, 6) is 0.491. The van der Waals surface area contributed by atoms with E-state index in [1.807, 2.05) is 34.6 Å². The molecule has 0 spiro atoms. The zero-order chi connectivity index (χ0) is 20.5. The largest absolute Gasteiger partial charge is 0.466 e. The molecule has 2 N–H and O–H groups in total. The zero-order valence-electron chi connectivity index (χ0n) is 17.5. The van der Waals surface area contributed by atoms with E-state index in [1.54, 1.807) is 6.92 Å². The van der Waals surface area contributed by atoms with Crippen LogP contribution in [0.2, 0.25) is 0 Å². The Kier molecular flexibility index (Phi) is 10.2. The van der Waals surface area contributed by atoms with Gasteiger partial charge in [0.1, 0.15) is 11.3 Å². The van der Waals surface area contributed by atoms with Gasteiger partial charge in [0.2, 0.25) is 0 Å². The van der Waals surface area contributed by atoms with Crippen LogP contribution in [0.3, 0.4) is 0 Å². The van der Waals surface area contributed by atoms with Gasteiger partial charge in [0.05, 0.1) is 13.2 Å². The number of aliphatic hydroxyl groups excluding tert-OH is 1. The molecule has 1 aliphatic carbocycles. The predicted molar refractivity (Wildman–Crippen MR) is 102 cm³/mol. The van der Waals surface area contributed by atoms with E-state index in [9.17, 15) is 9.59 Å². The van der Waals surface area contributed by atoms with E-state index in [2.05, 4.69) is 16.6 Å². The Balaban J connectivity index is 0.000000508. The second kappa shape index (κ2) is 11.0. The lowest BCUT2D eigenvalue weighted by molar-refractivity contribution is -0.140. The topological polar surface area (TPSA) is 88.6 Å². The average Bonchev–Trinajstić information content (AvgIpc) is 3.22. The van der Waals surface area contributed by atoms with E-state index in [4.69, 9.17) is 9.84 Å². The fraction of sp³-hybridized carbons (Fsp3) is 0.700. The highest BCUT2D eigenvalue weighted by atomic mass is 16.6. The first-order valence-electron chi connectivity index (χ1n) is 9.08. The van der Waals surface area contributed by atoms with Crippen molar-refractivity contribution in [3.05, 3.63) is 22.5 Å². The number of ether oxygens (including phenoxy) is 2. The van der Waals surface area contributed by atoms with Crippen LogP contribution in [0.25, 0.3) is 0 Å². The SMILES string of the molecule is CC1CC1.CCOC(C)=O.Cc1c(CO)[nH]c(C(=O)OC(C)(C)C)c1C. The summed E-state index contributed by atoms with van der Waals surface area (Å²) in [4.78, 5) is 24.5. The number of esters is 2. The number of aromatic amines is 1. The molecule has 1 aromatic heterocycles. The summed E-state index contributed by atoms with van der Waals surface area (Å²) in [7, 11) is 0. The summed E-state index contributed by atoms with van der Waals surface area (Å²) in [5.41, 5.74) is 2.32. The third kappa shape index (κ3) is 10.2. The van der Waals surface area contributed by atoms with E-state index in [1.165, 1.54) is 19.8 Å². The highest BCUT2D eigenvalue weighted by Gasteiger charge is 2.22. The molecule has 0 unspecified atom stereocenters. The van der Waals surface area contributed by atoms with Gasteiger partial charge in [-0.15, -0.1) is 0 Å². The molecule has 1 fully saturated rings. The van der Waals surface area contributed by atoms with E-state index < -0.39 is 5.60 Å². The van der Waals surface area contributed by atoms with Gasteiger partial charge in [0.15, 0.2) is 0 Å². The van der Waals surface area contributed by atoms with Gasteiger partial charge in [-0.25, -0.2) is 4.79 Å². The van der Waals surface area contributed by atoms with Gasteiger partial charge >= 0.3 is 11.9 Å². The molecule has 6 nitrogen and oxygen atoms in total. The second-order valence-electron chi connectivity index (χ2n) is 7.50. The summed E-state index contributed by atoms with van der Waals surface area (Å²) in [6.07, 6.45) is 2.97. The first-order valence-corrected chi connectivity index (χ1v) is 9.08. The number of carbonyl (C=O) groups is 2. The molecule has 0 atom stereocenters. The Bertz CT molecular complexity index is 580. The van der Waals surface area contributed by atoms with Gasteiger partial charge in [0, 0.05) is 12.6 Å². The Labute approximate surface area is 157 Å². The number of carbonyl (C=O) groups excluding carboxylic acids is 2. The van der Waals surface area contributed by atoms with Gasteiger partial charge in [-0.1, -0.05) is 19.8 Å². The number of H-pyrrole nitrogens is 1. The maximum absolute atomic E-state index is 11.8. The van der Waals surface area contributed by atoms with Crippen molar-refractivity contribution in [3.63, 3.8) is 0 Å². The number of aliphatic hydroxyl groups is 1. The van der Waals surface area contributed by atoms with Crippen molar-refractivity contribution in [1.29, 1.82) is 0 Å². The molecule has 1 heterocycles. The van der Waals surface area contributed by atoms with Crippen molar-refractivity contribution in [1.82, 2.24) is 4.98 Å². The summed E-state index contributed by atoms with van der Waals surface area (Å²) in [5, 5.41) is 9.09. The van der Waals surface area contributed by atoms with E-state index >= 15 is 0 Å². The molecule has 0 aromatic carbocycles. The standard InChI is InChI=1S/C12H19NO3.C4H8O2.C4H8/c1-7-8(2)10(13-9(7)6-14)11(15)16-12(3,4)5;1-3-6-4(2)5;1-4-2-3-4/h13-14H,6H2,1-5H3;3H2,1-2H3;4H,2-3H2,1H3. The smallest absolute Gasteiger partial charge is 0.355 e. The van der Waals surface area contributed by atoms with Crippen molar-refractivity contribution in [2.45, 2.75) is 80.4 Å². The van der Waals surface area contributed by atoms with E-state index in [0.29, 0.717) is 18.0 Å². The van der Waals surface area contributed by atoms with Gasteiger partial charge < -0.3 is 19.6 Å². The maximum Gasteiger partial charge on any atom is 0.355 e. The van der Waals surface area contributed by atoms with Crippen LogP contribution in [0.4, 0.5) is 0 Å². The molecular weight excluding hydrogens is 334 g/mol. The lowest BCUT2D eigenvalue weighted by Gasteiger charge is -2.19. The van der Waals surface area contributed by atoms with Crippen LogP contribution in [0.5, 0.6) is 0 Å². The third-order valence-electron chi connectivity index (χ3n) is 3.64. The summed E-state index contributed by atoms with van der Waals surface area (Å²) in [6, 6.07) is 0. The zero-order valence-corrected chi connectivity index (χ0v) is 17.5. The highest BCUT2D eigenvalue weighted by molar-refractivity contribution is 5.90. The number of rotatable bonds is 3. The van der Waals surface area contributed by atoms with Crippen molar-refractivity contribution in [2.24, 2.45) is 5.92 Å². The van der Waals surface area contributed by atoms with Crippen molar-refractivity contribution in [2.75, 3.05) is 6.61 Å². The third-order valence-corrected chi connectivity index (χ3v) is 3.64. The molecule has 2 rings (SSSR count). The summed E-state index contributed by atoms with van der Waals surface area (Å²) >= 11 is 0. The molecule has 1 saturated carbocycles. The molecule has 1 aromatic rings. The monoisotopic (exact) mass is 369 g/mol. The lowest BCUT2D eigenvalue weighted by atomic mass is 10.1. The number of hydrogen-bond acceptors (Lipinski definition) is 5. The molecule has 150 valence electrons. The van der Waals surface area contributed by atoms with Crippen LogP contribution in [0.15, 0.2) is 0 Å². The van der Waals surface area contributed by atoms with E-state index in [0.717, 1.165) is 17.0 Å². The van der Waals surface area contributed by atoms with Gasteiger partial charge in [-0.2, -0.15) is 0 Å². The van der Waals surface area contributed by atoms with Crippen LogP contribution in [-0.4, -0.2) is 34.2 Å². The molecule has 0 saturated heterocycles. The summed E-state index contributed by atoms with van der Waals surface area (Å²) in [6.45, 7) is 15.0. The van der Waals surface area contributed by atoms with Crippen molar-refractivity contribution < 1.29 is 24.2 Å². The van der Waals surface area contributed by atoms with E-state index in [-0.39, 0.29) is 18.5 Å². The van der Waals surface area contributed by atoms with Crippen molar-refractivity contribution in [3.8, 4) is 0 Å². The highest BCUT2D eigenvalue weighted by Crippen LogP contribution is 2.26. The summed E-state index contributed by atoms with van der Waals surface area (Å²) < 4.78 is 9.67. The quantitative estimate of drug-likeness (QED) is 0.784. The van der Waals surface area contributed by atoms with Gasteiger partial charge in [-0.05, 0) is 58.6 Å². The van der Waals surface area contributed by atoms with Crippen LogP contribution >= 0.6 is 0 Å². The minimum atomic E-state index is -0.512. The molecule has 0 aliphatic heterocycles.